The molecule has 0 spiro atoms. The van der Waals surface area contributed by atoms with E-state index in [1.807, 2.05) is 6.07 Å². The van der Waals surface area contributed by atoms with Gasteiger partial charge in [-0.25, -0.2) is 0 Å². The predicted octanol–water partition coefficient (Wildman–Crippen LogP) is 1.27. The second kappa shape index (κ2) is 5.30. The third-order valence-electron chi connectivity index (χ3n) is 3.38. The molecular formula is C15H10ClN3O2. The molecule has 1 aliphatic heterocycles. The Bertz CT molecular complexity index is 782. The molecule has 0 aliphatic carbocycles. The summed E-state index contributed by atoms with van der Waals surface area (Å²) in [6, 6.07) is 15.0. The maximum Gasteiger partial charge on any atom is 0.277 e. The molecule has 2 aromatic carbocycles. The summed E-state index contributed by atoms with van der Waals surface area (Å²) in [7, 11) is 0. The Morgan fingerprint density at radius 1 is 0.905 bits per heavy atom. The lowest BCUT2D eigenvalue weighted by molar-refractivity contribution is -0.773. The fourth-order valence-corrected chi connectivity index (χ4v) is 2.63. The number of allylic oxidation sites excluding steroid dienone is 1. The lowest BCUT2D eigenvalue weighted by Crippen LogP contribution is -3.11. The molecule has 6 heteroatoms. The second-order valence-electron chi connectivity index (χ2n) is 4.55. The van der Waals surface area contributed by atoms with Crippen molar-refractivity contribution in [2.24, 2.45) is 0 Å². The minimum atomic E-state index is -0.442. The van der Waals surface area contributed by atoms with Gasteiger partial charge in [0.2, 0.25) is 5.70 Å². The van der Waals surface area contributed by atoms with Gasteiger partial charge in [-0.3, -0.25) is 10.1 Å². The lowest BCUT2D eigenvalue weighted by atomic mass is 10.1. The highest BCUT2D eigenvalue weighted by molar-refractivity contribution is 6.32. The van der Waals surface area contributed by atoms with Crippen LogP contribution in [-0.2, 0) is 0 Å². The van der Waals surface area contributed by atoms with Gasteiger partial charge in [-0.15, -0.1) is 0 Å². The minimum Gasteiger partial charge on any atom is -0.623 e. The largest absolute Gasteiger partial charge is 0.623 e. The number of rotatable bonds is 1. The molecule has 0 radical (unpaired) electrons. The highest BCUT2D eigenvalue weighted by Crippen LogP contribution is 2.26. The van der Waals surface area contributed by atoms with Gasteiger partial charge < -0.3 is 10.4 Å². The normalized spacial score (nSPS) is 20.9. The minimum absolute atomic E-state index is 0.0757. The number of fused-ring (bicyclic) bond motifs is 1. The van der Waals surface area contributed by atoms with E-state index in [9.17, 15) is 15.7 Å². The first-order chi connectivity index (χ1) is 10.1. The predicted molar refractivity (Wildman–Crippen MR) is 78.4 cm³/mol. The summed E-state index contributed by atoms with van der Waals surface area (Å²) in [5.41, 5.74) is 0.883. The Labute approximate surface area is 126 Å². The number of hydroxylamine groups is 2. The van der Waals surface area contributed by atoms with Crippen LogP contribution >= 0.6 is 11.6 Å². The summed E-state index contributed by atoms with van der Waals surface area (Å²) >= 11 is 6.11. The third-order valence-corrected chi connectivity index (χ3v) is 3.71. The standard InChI is InChI=1S/C15H10ClN3O2/c16-11-6-2-1-5-10(11)15-14(9-17)18(20)12-7-3-4-8-13(12)19(15)21/h1-8,18-19H. The maximum atomic E-state index is 12.7. The van der Waals surface area contributed by atoms with E-state index in [0.717, 1.165) is 0 Å². The van der Waals surface area contributed by atoms with E-state index in [1.54, 1.807) is 48.5 Å². The number of benzene rings is 2. The van der Waals surface area contributed by atoms with Crippen molar-refractivity contribution in [2.75, 3.05) is 0 Å². The number of quaternary nitrogens is 2. The Kier molecular flexibility index (Phi) is 3.47. The number of hydrogen-bond donors (Lipinski definition) is 2. The molecule has 5 nitrogen and oxygen atoms in total. The third kappa shape index (κ3) is 2.12. The number of nitrogens with zero attached hydrogens (tertiary/aromatic N) is 1. The van der Waals surface area contributed by atoms with Crippen molar-refractivity contribution in [3.63, 3.8) is 0 Å². The van der Waals surface area contributed by atoms with Crippen LogP contribution in [0.3, 0.4) is 0 Å². The van der Waals surface area contributed by atoms with Crippen molar-refractivity contribution in [3.05, 3.63) is 75.2 Å². The molecule has 2 unspecified atom stereocenters. The zero-order valence-corrected chi connectivity index (χ0v) is 11.5. The van der Waals surface area contributed by atoms with Crippen LogP contribution in [0.4, 0.5) is 11.4 Å². The fourth-order valence-electron chi connectivity index (χ4n) is 2.40. The van der Waals surface area contributed by atoms with Crippen LogP contribution in [0.15, 0.2) is 54.2 Å². The first-order valence-corrected chi connectivity index (χ1v) is 6.60. The number of halogens is 1. The zero-order chi connectivity index (χ0) is 15.0. The van der Waals surface area contributed by atoms with E-state index >= 15 is 0 Å². The number of nitrogens with one attached hydrogen (secondary N) is 2. The zero-order valence-electron chi connectivity index (χ0n) is 10.8. The van der Waals surface area contributed by atoms with Crippen molar-refractivity contribution >= 4 is 28.7 Å². The molecule has 0 amide bonds. The Morgan fingerprint density at radius 2 is 1.48 bits per heavy atom. The molecule has 0 saturated heterocycles. The van der Waals surface area contributed by atoms with Gasteiger partial charge in [-0.1, -0.05) is 35.9 Å². The quantitative estimate of drug-likeness (QED) is 0.779. The highest BCUT2D eigenvalue weighted by atomic mass is 35.5. The molecule has 0 saturated carbocycles. The van der Waals surface area contributed by atoms with E-state index in [0.29, 0.717) is 16.3 Å². The van der Waals surface area contributed by atoms with Gasteiger partial charge >= 0.3 is 0 Å². The smallest absolute Gasteiger partial charge is 0.277 e. The van der Waals surface area contributed by atoms with Gasteiger partial charge in [0, 0.05) is 12.1 Å². The summed E-state index contributed by atoms with van der Waals surface area (Å²) < 4.78 is 0. The fraction of sp³-hybridized carbons (Fsp3) is 0. The van der Waals surface area contributed by atoms with Crippen LogP contribution < -0.4 is 10.1 Å². The Morgan fingerprint density at radius 3 is 2.10 bits per heavy atom. The van der Waals surface area contributed by atoms with Crippen LogP contribution in [0.25, 0.3) is 5.70 Å². The molecule has 2 atom stereocenters. The summed E-state index contributed by atoms with van der Waals surface area (Å²) in [5, 5.41) is 33.9. The summed E-state index contributed by atoms with van der Waals surface area (Å²) in [6.07, 6.45) is 0. The number of para-hydroxylation sites is 2. The number of hydrogen-bond acceptors (Lipinski definition) is 3. The van der Waals surface area contributed by atoms with Crippen LogP contribution in [-0.4, -0.2) is 0 Å². The van der Waals surface area contributed by atoms with Gasteiger partial charge in [0.1, 0.15) is 0 Å². The summed E-state index contributed by atoms with van der Waals surface area (Å²) in [4.78, 5) is 0. The van der Waals surface area contributed by atoms with Gasteiger partial charge in [-0.2, -0.15) is 5.26 Å². The first-order valence-electron chi connectivity index (χ1n) is 6.23. The topological polar surface area (TPSA) is 78.8 Å². The van der Waals surface area contributed by atoms with Gasteiger partial charge in [-0.05, 0) is 12.1 Å². The van der Waals surface area contributed by atoms with Crippen LogP contribution in [0.1, 0.15) is 5.56 Å². The van der Waals surface area contributed by atoms with Crippen molar-refractivity contribution in [1.82, 2.24) is 0 Å². The average molecular weight is 300 g/mol. The first kappa shape index (κ1) is 13.8. The molecule has 2 N–H and O–H groups in total. The van der Waals surface area contributed by atoms with Crippen molar-refractivity contribution < 1.29 is 10.1 Å². The van der Waals surface area contributed by atoms with E-state index in [2.05, 4.69) is 0 Å². The molecule has 21 heavy (non-hydrogen) atoms. The van der Waals surface area contributed by atoms with E-state index in [1.165, 1.54) is 0 Å². The van der Waals surface area contributed by atoms with Crippen molar-refractivity contribution in [1.29, 1.82) is 5.26 Å². The van der Waals surface area contributed by atoms with E-state index < -0.39 is 5.06 Å². The van der Waals surface area contributed by atoms with E-state index in [-0.39, 0.29) is 22.1 Å². The maximum absolute atomic E-state index is 12.7. The Balaban J connectivity index is 2.28. The molecule has 104 valence electrons. The second-order valence-corrected chi connectivity index (χ2v) is 4.95. The summed E-state index contributed by atoms with van der Waals surface area (Å²) in [5.74, 6) is 0. The molecule has 3 rings (SSSR count). The SMILES string of the molecule is N#CC1=C(c2ccccc2Cl)[NH+]([O-])c2ccccc2[NH+]1[O-]. The van der Waals surface area contributed by atoms with Gasteiger partial charge in [0.05, 0.1) is 10.6 Å². The van der Waals surface area contributed by atoms with Crippen LogP contribution in [0.2, 0.25) is 5.02 Å². The monoisotopic (exact) mass is 299 g/mol. The molecule has 1 heterocycles. The number of nitriles is 1. The average Bonchev–Trinajstić information content (AvgIpc) is 2.51. The van der Waals surface area contributed by atoms with Crippen molar-refractivity contribution in [2.45, 2.75) is 0 Å². The molecule has 1 aliphatic rings. The van der Waals surface area contributed by atoms with E-state index in [4.69, 9.17) is 11.6 Å². The molecule has 0 bridgehead atoms. The lowest BCUT2D eigenvalue weighted by Gasteiger charge is -2.34. The molecule has 0 aromatic heterocycles. The van der Waals surface area contributed by atoms with Gasteiger partial charge in [0.15, 0.2) is 17.4 Å². The van der Waals surface area contributed by atoms with Crippen LogP contribution in [0, 0.1) is 21.7 Å². The Hall–Kier alpha value is -2.20. The molecule has 0 fully saturated rings. The summed E-state index contributed by atoms with van der Waals surface area (Å²) in [6.45, 7) is 0. The van der Waals surface area contributed by atoms with Crippen LogP contribution in [0.5, 0.6) is 0 Å². The van der Waals surface area contributed by atoms with Crippen molar-refractivity contribution in [3.8, 4) is 6.07 Å². The molecule has 2 aromatic rings. The highest BCUT2D eigenvalue weighted by Gasteiger charge is 2.34. The van der Waals surface area contributed by atoms with Gasteiger partial charge in [0.25, 0.3) is 5.70 Å². The molecular weight excluding hydrogens is 290 g/mol.